The van der Waals surface area contributed by atoms with Gasteiger partial charge in [0.2, 0.25) is 0 Å². The van der Waals surface area contributed by atoms with E-state index in [-0.39, 0.29) is 47.9 Å². The van der Waals surface area contributed by atoms with Crippen molar-refractivity contribution in [3.63, 3.8) is 0 Å². The van der Waals surface area contributed by atoms with E-state index in [1.54, 1.807) is 13.0 Å². The second-order valence-electron chi connectivity index (χ2n) is 12.1. The molecule has 0 atom stereocenters. The summed E-state index contributed by atoms with van der Waals surface area (Å²) in [6.07, 6.45) is 4.18. The summed E-state index contributed by atoms with van der Waals surface area (Å²) in [5, 5.41) is 0. The fraction of sp³-hybridized carbons (Fsp3) is 0.382. The highest BCUT2D eigenvalue weighted by atomic mass is 32.2. The number of aliphatic imine (C=N–C) groups is 1. The minimum absolute atomic E-state index is 0.0722. The minimum Gasteiger partial charge on any atom is -0.466 e. The van der Waals surface area contributed by atoms with E-state index < -0.39 is 0 Å². The van der Waals surface area contributed by atoms with E-state index in [9.17, 15) is 14.4 Å². The van der Waals surface area contributed by atoms with Crippen molar-refractivity contribution in [3.05, 3.63) is 81.9 Å². The topological polar surface area (TPSA) is 79.3 Å². The first kappa shape index (κ1) is 30.9. The zero-order chi connectivity index (χ0) is 31.1. The maximum Gasteiger partial charge on any atom is 0.307 e. The normalized spacial score (nSPS) is 20.1. The summed E-state index contributed by atoms with van der Waals surface area (Å²) in [7, 11) is 0. The van der Waals surface area contributed by atoms with E-state index in [0.29, 0.717) is 22.4 Å². The first-order chi connectivity index (χ1) is 20.3. The summed E-state index contributed by atoms with van der Waals surface area (Å²) >= 11 is 6.74. The molecule has 0 saturated carbocycles. The third kappa shape index (κ3) is 5.85. The van der Waals surface area contributed by atoms with Crippen LogP contribution in [-0.2, 0) is 36.4 Å². The van der Waals surface area contributed by atoms with E-state index in [0.717, 1.165) is 39.5 Å². The largest absolute Gasteiger partial charge is 0.466 e. The number of allylic oxidation sites excluding steroid dienone is 3. The molecule has 3 heterocycles. The number of ether oxygens (including phenoxy) is 1. The zero-order valence-corrected chi connectivity index (χ0v) is 27.2. The molecular weight excluding hydrogens is 579 g/mol. The van der Waals surface area contributed by atoms with Crippen LogP contribution in [0.2, 0.25) is 0 Å². The molecule has 1 fully saturated rings. The number of hydrogen-bond acceptors (Lipinski definition) is 8. The summed E-state index contributed by atoms with van der Waals surface area (Å²) in [5.41, 5.74) is 6.65. The molecule has 43 heavy (non-hydrogen) atoms. The highest BCUT2D eigenvalue weighted by Crippen LogP contribution is 2.48. The fourth-order valence-electron chi connectivity index (χ4n) is 5.89. The van der Waals surface area contributed by atoms with E-state index in [1.807, 2.05) is 43.3 Å². The first-order valence-corrected chi connectivity index (χ1v) is 15.8. The summed E-state index contributed by atoms with van der Waals surface area (Å²) in [6.45, 7) is 13.1. The minimum atomic E-state index is -0.348. The van der Waals surface area contributed by atoms with Gasteiger partial charge in [0.1, 0.15) is 4.32 Å². The van der Waals surface area contributed by atoms with Crippen molar-refractivity contribution >= 4 is 63.0 Å². The average Bonchev–Trinajstić information content (AvgIpc) is 3.44. The highest BCUT2D eigenvalue weighted by molar-refractivity contribution is 8.26. The number of para-hydroxylation sites is 1. The van der Waals surface area contributed by atoms with Gasteiger partial charge >= 0.3 is 5.97 Å². The van der Waals surface area contributed by atoms with Crippen molar-refractivity contribution in [1.29, 1.82) is 0 Å². The predicted molar refractivity (Wildman–Crippen MR) is 177 cm³/mol. The van der Waals surface area contributed by atoms with Crippen LogP contribution in [0.25, 0.3) is 0 Å². The molecule has 224 valence electrons. The lowest BCUT2D eigenvalue weighted by molar-refractivity contribution is -0.142. The maximum absolute atomic E-state index is 13.4. The molecule has 3 aliphatic heterocycles. The summed E-state index contributed by atoms with van der Waals surface area (Å²) in [5.74, 6) is -0.603. The van der Waals surface area contributed by atoms with Crippen LogP contribution in [0.15, 0.2) is 70.2 Å². The van der Waals surface area contributed by atoms with Crippen molar-refractivity contribution in [1.82, 2.24) is 4.90 Å². The molecule has 0 bridgehead atoms. The van der Waals surface area contributed by atoms with Gasteiger partial charge < -0.3 is 9.64 Å². The number of nitrogens with zero attached hydrogens (tertiary/aromatic N) is 3. The van der Waals surface area contributed by atoms with Crippen LogP contribution in [0.3, 0.4) is 0 Å². The summed E-state index contributed by atoms with van der Waals surface area (Å²) in [4.78, 5) is 47.3. The van der Waals surface area contributed by atoms with Gasteiger partial charge in [0.15, 0.2) is 5.78 Å². The highest BCUT2D eigenvalue weighted by Gasteiger charge is 2.40. The molecule has 1 amide bonds. The number of benzene rings is 2. The third-order valence-electron chi connectivity index (χ3n) is 8.57. The molecule has 0 unspecified atom stereocenters. The number of hydrogen-bond donors (Lipinski definition) is 0. The van der Waals surface area contributed by atoms with Gasteiger partial charge in [-0.2, -0.15) is 0 Å². The van der Waals surface area contributed by atoms with Crippen molar-refractivity contribution in [2.45, 2.75) is 65.2 Å². The van der Waals surface area contributed by atoms with Gasteiger partial charge in [-0.1, -0.05) is 82.0 Å². The zero-order valence-electron chi connectivity index (χ0n) is 25.5. The van der Waals surface area contributed by atoms with Gasteiger partial charge in [-0.15, -0.1) is 0 Å². The number of anilines is 1. The average molecular weight is 616 g/mol. The Morgan fingerprint density at radius 1 is 1.02 bits per heavy atom. The molecule has 0 radical (unpaired) electrons. The number of rotatable bonds is 9. The van der Waals surface area contributed by atoms with E-state index >= 15 is 0 Å². The van der Waals surface area contributed by atoms with Gasteiger partial charge in [-0.3, -0.25) is 24.3 Å². The molecule has 0 aromatic heterocycles. The monoisotopic (exact) mass is 615 g/mol. The van der Waals surface area contributed by atoms with E-state index in [4.69, 9.17) is 17.0 Å². The Labute approximate surface area is 263 Å². The van der Waals surface area contributed by atoms with Crippen LogP contribution in [-0.4, -0.2) is 52.3 Å². The number of Topliss-reactive ketones (excluding diaryl/α,β-unsaturated/α-hetero) is 1. The van der Waals surface area contributed by atoms with Crippen molar-refractivity contribution < 1.29 is 19.1 Å². The SMILES string of the molecule is CCOC(=O)CCN1/C(=C\C=C2\SC(=S)N(CC(=O)Cc3ccc4c(c3)C(C)(C)C(C)=N4)C2=O)C(C)(C)c2ccccc21. The predicted octanol–water partition coefficient (Wildman–Crippen LogP) is 6.56. The van der Waals surface area contributed by atoms with Crippen LogP contribution in [0, 0.1) is 0 Å². The van der Waals surface area contributed by atoms with Crippen LogP contribution in [0.5, 0.6) is 0 Å². The number of thiocarbonyl (C=S) groups is 1. The molecule has 0 N–H and O–H groups in total. The van der Waals surface area contributed by atoms with Crippen molar-refractivity contribution in [2.24, 2.45) is 4.99 Å². The number of esters is 1. The Bertz CT molecular complexity index is 1620. The van der Waals surface area contributed by atoms with Crippen molar-refractivity contribution in [2.75, 3.05) is 24.6 Å². The van der Waals surface area contributed by atoms with Crippen LogP contribution >= 0.6 is 24.0 Å². The second kappa shape index (κ2) is 11.8. The lowest BCUT2D eigenvalue weighted by Gasteiger charge is -2.26. The molecule has 2 aromatic carbocycles. The number of ketones is 1. The van der Waals surface area contributed by atoms with Gasteiger partial charge in [0.25, 0.3) is 5.91 Å². The Kier molecular flexibility index (Phi) is 8.51. The van der Waals surface area contributed by atoms with E-state index in [1.165, 1.54) is 16.7 Å². The Morgan fingerprint density at radius 2 is 1.77 bits per heavy atom. The molecule has 3 aliphatic rings. The number of carbonyl (C=O) groups is 3. The maximum atomic E-state index is 13.4. The second-order valence-corrected chi connectivity index (χ2v) is 13.8. The Hall–Kier alpha value is -3.56. The van der Waals surface area contributed by atoms with Crippen LogP contribution in [0.1, 0.15) is 64.7 Å². The smallest absolute Gasteiger partial charge is 0.307 e. The molecule has 2 aromatic rings. The number of fused-ring (bicyclic) bond motifs is 2. The molecule has 0 aliphatic carbocycles. The summed E-state index contributed by atoms with van der Waals surface area (Å²) < 4.78 is 5.53. The molecule has 9 heteroatoms. The number of amides is 1. The van der Waals surface area contributed by atoms with E-state index in [2.05, 4.69) is 49.7 Å². The standard InChI is InChI=1S/C34H37N3O4S2/c1-7-41-30(39)16-17-36-27-11-9-8-10-24(27)34(5,6)29(36)15-14-28-31(40)37(32(42)43-28)20-23(38)18-22-12-13-26-25(19-22)33(3,4)21(2)35-26/h8-15,19H,7,16-18,20H2,1-6H3/b28-14+,29-15-. The van der Waals surface area contributed by atoms with Crippen molar-refractivity contribution in [3.8, 4) is 0 Å². The molecule has 0 spiro atoms. The lowest BCUT2D eigenvalue weighted by Crippen LogP contribution is -2.34. The fourth-order valence-corrected chi connectivity index (χ4v) is 7.09. The van der Waals surface area contributed by atoms with Crippen LogP contribution in [0.4, 0.5) is 11.4 Å². The quantitative estimate of drug-likeness (QED) is 0.180. The number of thioether (sulfide) groups is 1. The molecule has 7 nitrogen and oxygen atoms in total. The summed E-state index contributed by atoms with van der Waals surface area (Å²) in [6, 6.07) is 14.1. The van der Waals surface area contributed by atoms with Gasteiger partial charge in [-0.05, 0) is 54.8 Å². The molecular formula is C34H37N3O4S2. The van der Waals surface area contributed by atoms with Crippen LogP contribution < -0.4 is 4.90 Å². The molecule has 5 rings (SSSR count). The number of carbonyl (C=O) groups excluding carboxylic acids is 3. The van der Waals surface area contributed by atoms with Gasteiger partial charge in [-0.25, -0.2) is 0 Å². The Balaban J connectivity index is 1.31. The Morgan fingerprint density at radius 3 is 2.51 bits per heavy atom. The lowest BCUT2D eigenvalue weighted by atomic mass is 9.81. The van der Waals surface area contributed by atoms with Gasteiger partial charge in [0.05, 0.1) is 30.2 Å². The molecule has 1 saturated heterocycles. The first-order valence-electron chi connectivity index (χ1n) is 14.5. The third-order valence-corrected chi connectivity index (χ3v) is 9.97. The van der Waals surface area contributed by atoms with Gasteiger partial charge in [0, 0.05) is 40.9 Å².